The molecular formula is C31H31N7O2. The predicted molar refractivity (Wildman–Crippen MR) is 158 cm³/mol. The number of hydrogen-bond donors (Lipinski definition) is 1. The van der Waals surface area contributed by atoms with E-state index < -0.39 is 0 Å². The Balaban J connectivity index is 1.61. The van der Waals surface area contributed by atoms with E-state index in [-0.39, 0.29) is 47.8 Å². The Hall–Kier alpha value is -4.68. The van der Waals surface area contributed by atoms with Gasteiger partial charge in [-0.05, 0) is 47.7 Å². The maximum Gasteiger partial charge on any atom is 0.293 e. The molecule has 1 aliphatic rings. The molecule has 0 bridgehead atoms. The molecule has 1 saturated heterocycles. The molecule has 0 radical (unpaired) electrons. The van der Waals surface area contributed by atoms with E-state index in [0.717, 1.165) is 41.3 Å². The number of piperidine rings is 1. The van der Waals surface area contributed by atoms with Crippen molar-refractivity contribution in [3.05, 3.63) is 98.8 Å². The van der Waals surface area contributed by atoms with Crippen molar-refractivity contribution < 1.29 is 0 Å². The summed E-state index contributed by atoms with van der Waals surface area (Å²) in [5, 5.41) is 2.10. The Morgan fingerprint density at radius 2 is 1.82 bits per heavy atom. The van der Waals surface area contributed by atoms with Gasteiger partial charge in [0.2, 0.25) is 5.95 Å². The minimum Gasteiger partial charge on any atom is -0.341 e. The molecule has 202 valence electrons. The normalized spacial score (nSPS) is 15.3. The van der Waals surface area contributed by atoms with Crippen LogP contribution in [0.5, 0.6) is 0 Å². The number of hydrogen-bond acceptors (Lipinski definition) is 6. The van der Waals surface area contributed by atoms with Crippen LogP contribution in [0.15, 0.2) is 76.6 Å². The van der Waals surface area contributed by atoms with Gasteiger partial charge in [0.15, 0.2) is 5.52 Å². The minimum absolute atomic E-state index is 0.00419. The number of imidazole rings is 1. The second-order valence-electron chi connectivity index (χ2n) is 10.2. The lowest BCUT2D eigenvalue weighted by Gasteiger charge is -2.31. The molecule has 0 aliphatic carbocycles. The zero-order valence-electron chi connectivity index (χ0n) is 22.5. The molecule has 0 unspecified atom stereocenters. The van der Waals surface area contributed by atoms with E-state index in [2.05, 4.69) is 21.7 Å². The highest BCUT2D eigenvalue weighted by molar-refractivity contribution is 5.85. The Bertz CT molecular complexity index is 1870. The highest BCUT2D eigenvalue weighted by atomic mass is 16.2. The second kappa shape index (κ2) is 10.8. The van der Waals surface area contributed by atoms with Gasteiger partial charge in [-0.3, -0.25) is 19.1 Å². The third kappa shape index (κ3) is 4.67. The van der Waals surface area contributed by atoms with Crippen molar-refractivity contribution >= 4 is 27.8 Å². The highest BCUT2D eigenvalue weighted by Crippen LogP contribution is 2.23. The van der Waals surface area contributed by atoms with Crippen LogP contribution in [0.4, 0.5) is 5.95 Å². The smallest absolute Gasteiger partial charge is 0.293 e. The summed E-state index contributed by atoms with van der Waals surface area (Å²) in [6, 6.07) is 17.8. The molecule has 2 N–H and O–H groups in total. The van der Waals surface area contributed by atoms with E-state index in [0.29, 0.717) is 12.5 Å². The molecule has 1 atom stereocenters. The van der Waals surface area contributed by atoms with Crippen molar-refractivity contribution in [1.82, 2.24) is 23.9 Å². The molecule has 4 heterocycles. The van der Waals surface area contributed by atoms with Gasteiger partial charge in [0.1, 0.15) is 5.52 Å². The molecule has 0 amide bonds. The van der Waals surface area contributed by atoms with E-state index in [9.17, 15) is 9.59 Å². The third-order valence-corrected chi connectivity index (χ3v) is 7.52. The number of aromatic nitrogens is 5. The largest absolute Gasteiger partial charge is 0.341 e. The summed E-state index contributed by atoms with van der Waals surface area (Å²) in [7, 11) is 0. The van der Waals surface area contributed by atoms with Gasteiger partial charge in [0.05, 0.1) is 19.6 Å². The molecule has 9 nitrogen and oxygen atoms in total. The summed E-state index contributed by atoms with van der Waals surface area (Å²) in [6.45, 7) is 3.79. The van der Waals surface area contributed by atoms with Crippen molar-refractivity contribution in [3.63, 3.8) is 0 Å². The third-order valence-electron chi connectivity index (χ3n) is 7.52. The van der Waals surface area contributed by atoms with Crippen LogP contribution in [0, 0.1) is 11.8 Å². The maximum atomic E-state index is 14.4. The van der Waals surface area contributed by atoms with Crippen LogP contribution in [0.3, 0.4) is 0 Å². The minimum atomic E-state index is -0.329. The SMILES string of the molecule is CC#CCn1c(N2CCC[C@@H](N)C2)nc2c(=O)n(Cc3cccnc3)n(Cc3cccc4ccccc34)c(=O)c21. The van der Waals surface area contributed by atoms with Crippen LogP contribution < -0.4 is 21.8 Å². The van der Waals surface area contributed by atoms with Crippen LogP contribution >= 0.6 is 0 Å². The predicted octanol–water partition coefficient (Wildman–Crippen LogP) is 2.96. The van der Waals surface area contributed by atoms with E-state index >= 15 is 0 Å². The van der Waals surface area contributed by atoms with Gasteiger partial charge in [0.25, 0.3) is 11.1 Å². The van der Waals surface area contributed by atoms with Gasteiger partial charge in [-0.1, -0.05) is 54.5 Å². The van der Waals surface area contributed by atoms with Gasteiger partial charge in [-0.2, -0.15) is 0 Å². The summed E-state index contributed by atoms with van der Waals surface area (Å²) in [4.78, 5) is 39.7. The summed E-state index contributed by atoms with van der Waals surface area (Å²) < 4.78 is 4.84. The van der Waals surface area contributed by atoms with Gasteiger partial charge in [0, 0.05) is 31.5 Å². The first-order valence-corrected chi connectivity index (χ1v) is 13.5. The number of pyridine rings is 1. The zero-order chi connectivity index (χ0) is 27.6. The molecule has 2 aromatic carbocycles. The van der Waals surface area contributed by atoms with Crippen molar-refractivity contribution in [1.29, 1.82) is 0 Å². The van der Waals surface area contributed by atoms with Gasteiger partial charge in [-0.25, -0.2) is 14.3 Å². The first-order chi connectivity index (χ1) is 19.5. The lowest BCUT2D eigenvalue weighted by atomic mass is 10.0. The van der Waals surface area contributed by atoms with Crippen molar-refractivity contribution in [2.24, 2.45) is 5.73 Å². The summed E-state index contributed by atoms with van der Waals surface area (Å²) >= 11 is 0. The first-order valence-electron chi connectivity index (χ1n) is 13.5. The van der Waals surface area contributed by atoms with Gasteiger partial charge < -0.3 is 10.6 Å². The Morgan fingerprint density at radius 3 is 2.62 bits per heavy atom. The fraction of sp³-hybridized carbons (Fsp3) is 0.290. The number of rotatable bonds is 6. The molecule has 40 heavy (non-hydrogen) atoms. The molecule has 6 rings (SSSR count). The molecular weight excluding hydrogens is 502 g/mol. The van der Waals surface area contributed by atoms with Crippen molar-refractivity contribution in [2.45, 2.75) is 45.4 Å². The Morgan fingerprint density at radius 1 is 1.00 bits per heavy atom. The van der Waals surface area contributed by atoms with Gasteiger partial charge in [-0.15, -0.1) is 5.92 Å². The molecule has 9 heteroatoms. The number of anilines is 1. The average molecular weight is 534 g/mol. The molecule has 3 aromatic heterocycles. The number of nitrogens with zero attached hydrogens (tertiary/aromatic N) is 6. The number of nitrogens with two attached hydrogens (primary N) is 1. The first kappa shape index (κ1) is 25.6. The van der Waals surface area contributed by atoms with E-state index in [1.807, 2.05) is 54.6 Å². The molecule has 1 fully saturated rings. The number of fused-ring (bicyclic) bond motifs is 2. The Kier molecular flexibility index (Phi) is 6.93. The second-order valence-corrected chi connectivity index (χ2v) is 10.2. The molecule has 1 aliphatic heterocycles. The molecule has 0 saturated carbocycles. The number of benzene rings is 2. The van der Waals surface area contributed by atoms with Crippen LogP contribution in [0.25, 0.3) is 21.8 Å². The van der Waals surface area contributed by atoms with E-state index in [4.69, 9.17) is 10.7 Å². The van der Waals surface area contributed by atoms with Crippen molar-refractivity contribution in [2.75, 3.05) is 18.0 Å². The maximum absolute atomic E-state index is 14.4. The lowest BCUT2D eigenvalue weighted by Crippen LogP contribution is -2.44. The summed E-state index contributed by atoms with van der Waals surface area (Å²) in [5.41, 5.74) is 7.85. The van der Waals surface area contributed by atoms with E-state index in [1.54, 1.807) is 28.6 Å². The van der Waals surface area contributed by atoms with Crippen molar-refractivity contribution in [3.8, 4) is 11.8 Å². The molecule has 0 spiro atoms. The highest BCUT2D eigenvalue weighted by Gasteiger charge is 2.27. The zero-order valence-corrected chi connectivity index (χ0v) is 22.5. The van der Waals surface area contributed by atoms with Crippen LogP contribution in [-0.2, 0) is 19.6 Å². The summed E-state index contributed by atoms with van der Waals surface area (Å²) in [6.07, 6.45) is 5.24. The fourth-order valence-corrected chi connectivity index (χ4v) is 5.58. The summed E-state index contributed by atoms with van der Waals surface area (Å²) in [5.74, 6) is 6.57. The lowest BCUT2D eigenvalue weighted by molar-refractivity contribution is 0.471. The fourth-order valence-electron chi connectivity index (χ4n) is 5.58. The standard InChI is InChI=1S/C31H31N7O2/c1-2-3-17-36-28-27(34-31(36)35-16-8-13-25(32)21-35)29(39)37(19-22-9-7-15-33-18-22)38(30(28)40)20-24-12-6-11-23-10-4-5-14-26(23)24/h4-7,9-12,14-15,18,25H,8,13,16-17,19-21,32H2,1H3/t25-/m1/s1. The van der Waals surface area contributed by atoms with Crippen LogP contribution in [-0.4, -0.2) is 43.0 Å². The average Bonchev–Trinajstić information content (AvgIpc) is 3.37. The quantitative estimate of drug-likeness (QED) is 0.337. The molecule has 5 aromatic rings. The van der Waals surface area contributed by atoms with E-state index in [1.165, 1.54) is 4.68 Å². The Labute approximate surface area is 231 Å². The monoisotopic (exact) mass is 533 g/mol. The van der Waals surface area contributed by atoms with Crippen LogP contribution in [0.1, 0.15) is 30.9 Å². The van der Waals surface area contributed by atoms with Gasteiger partial charge >= 0.3 is 0 Å². The topological polar surface area (TPSA) is 104 Å². The van der Waals surface area contributed by atoms with Crippen LogP contribution in [0.2, 0.25) is 0 Å².